The molecule has 2 aliphatic rings. The van der Waals surface area contributed by atoms with Gasteiger partial charge in [-0.05, 0) is 18.4 Å². The number of likely N-dealkylation sites (tertiary alicyclic amines) is 1. The standard InChI is InChI=1S/C21H27N3O6/c1-30-14-13-23-19(28)21(24(20(23)29)15-16-5-3-2-4-6-16)9-11-22(12-10-21)17(25)7-8-18(26)27/h2-6H,7-15H2,1H3,(H,26,27). The van der Waals surface area contributed by atoms with Gasteiger partial charge in [0.1, 0.15) is 5.54 Å². The average molecular weight is 417 g/mol. The maximum atomic E-state index is 13.3. The molecule has 2 fully saturated rings. The number of carboxylic acids is 1. The number of hydrogen-bond acceptors (Lipinski definition) is 5. The van der Waals surface area contributed by atoms with Crippen LogP contribution in [0.1, 0.15) is 31.2 Å². The predicted octanol–water partition coefficient (Wildman–Crippen LogP) is 1.32. The summed E-state index contributed by atoms with van der Waals surface area (Å²) in [5, 5.41) is 8.79. The van der Waals surface area contributed by atoms with E-state index in [1.54, 1.807) is 9.80 Å². The number of carbonyl (C=O) groups excluding carboxylic acids is 3. The second-order valence-electron chi connectivity index (χ2n) is 7.61. The molecule has 2 heterocycles. The Morgan fingerprint density at radius 3 is 2.37 bits per heavy atom. The quantitative estimate of drug-likeness (QED) is 0.640. The maximum Gasteiger partial charge on any atom is 0.328 e. The van der Waals surface area contributed by atoms with E-state index in [4.69, 9.17) is 9.84 Å². The number of aliphatic carboxylic acids is 1. The minimum Gasteiger partial charge on any atom is -0.481 e. The Balaban J connectivity index is 1.78. The molecule has 30 heavy (non-hydrogen) atoms. The Kier molecular flexibility index (Phi) is 6.71. The summed E-state index contributed by atoms with van der Waals surface area (Å²) in [5.41, 5.74) is -0.0730. The van der Waals surface area contributed by atoms with E-state index in [1.807, 2.05) is 30.3 Å². The monoisotopic (exact) mass is 417 g/mol. The van der Waals surface area contributed by atoms with Gasteiger partial charge in [-0.25, -0.2) is 4.79 Å². The Morgan fingerprint density at radius 1 is 1.10 bits per heavy atom. The van der Waals surface area contributed by atoms with Gasteiger partial charge in [-0.3, -0.25) is 19.3 Å². The van der Waals surface area contributed by atoms with Crippen LogP contribution in [0, 0.1) is 0 Å². The fourth-order valence-corrected chi connectivity index (χ4v) is 4.13. The van der Waals surface area contributed by atoms with E-state index in [9.17, 15) is 19.2 Å². The van der Waals surface area contributed by atoms with E-state index in [2.05, 4.69) is 0 Å². The number of carbonyl (C=O) groups is 4. The smallest absolute Gasteiger partial charge is 0.328 e. The fourth-order valence-electron chi connectivity index (χ4n) is 4.13. The predicted molar refractivity (Wildman–Crippen MR) is 106 cm³/mol. The van der Waals surface area contributed by atoms with Gasteiger partial charge in [0.15, 0.2) is 0 Å². The molecule has 1 aromatic rings. The van der Waals surface area contributed by atoms with Crippen molar-refractivity contribution in [1.29, 1.82) is 0 Å². The van der Waals surface area contributed by atoms with Crippen LogP contribution < -0.4 is 0 Å². The lowest BCUT2D eigenvalue weighted by Crippen LogP contribution is -2.57. The van der Waals surface area contributed by atoms with Crippen molar-refractivity contribution in [2.24, 2.45) is 0 Å². The lowest BCUT2D eigenvalue weighted by atomic mass is 9.85. The van der Waals surface area contributed by atoms with Crippen LogP contribution in [-0.2, 0) is 25.7 Å². The SMILES string of the molecule is COCCN1C(=O)N(Cc2ccccc2)C2(CCN(C(=O)CCC(=O)O)CC2)C1=O. The summed E-state index contributed by atoms with van der Waals surface area (Å²) in [6.07, 6.45) is 0.366. The van der Waals surface area contributed by atoms with Gasteiger partial charge in [-0.2, -0.15) is 0 Å². The van der Waals surface area contributed by atoms with E-state index in [0.29, 0.717) is 32.5 Å². The molecular formula is C21H27N3O6. The number of carboxylic acid groups (broad SMARTS) is 1. The molecular weight excluding hydrogens is 390 g/mol. The number of urea groups is 1. The molecule has 0 radical (unpaired) electrons. The number of hydrogen-bond donors (Lipinski definition) is 1. The number of methoxy groups -OCH3 is 1. The molecule has 2 aliphatic heterocycles. The van der Waals surface area contributed by atoms with Gasteiger partial charge in [-0.1, -0.05) is 30.3 Å². The van der Waals surface area contributed by atoms with E-state index in [1.165, 1.54) is 12.0 Å². The number of benzene rings is 1. The van der Waals surface area contributed by atoms with Crippen molar-refractivity contribution in [2.75, 3.05) is 33.4 Å². The summed E-state index contributed by atoms with van der Waals surface area (Å²) in [6, 6.07) is 9.14. The van der Waals surface area contributed by atoms with Gasteiger partial charge < -0.3 is 19.6 Å². The van der Waals surface area contributed by atoms with Crippen molar-refractivity contribution in [3.8, 4) is 0 Å². The lowest BCUT2D eigenvalue weighted by Gasteiger charge is -2.42. The first-order chi connectivity index (χ1) is 14.4. The van der Waals surface area contributed by atoms with Gasteiger partial charge in [-0.15, -0.1) is 0 Å². The lowest BCUT2D eigenvalue weighted by molar-refractivity contribution is -0.143. The highest BCUT2D eigenvalue weighted by molar-refractivity contribution is 6.07. The zero-order valence-corrected chi connectivity index (χ0v) is 17.1. The van der Waals surface area contributed by atoms with Gasteiger partial charge in [0.2, 0.25) is 5.91 Å². The van der Waals surface area contributed by atoms with Crippen LogP contribution in [0.2, 0.25) is 0 Å². The van der Waals surface area contributed by atoms with Gasteiger partial charge in [0.25, 0.3) is 5.91 Å². The Labute approximate surface area is 175 Å². The Bertz CT molecular complexity index is 804. The largest absolute Gasteiger partial charge is 0.481 e. The Morgan fingerprint density at radius 2 is 1.77 bits per heavy atom. The van der Waals surface area contributed by atoms with Crippen molar-refractivity contribution in [2.45, 2.75) is 37.8 Å². The molecule has 1 spiro atoms. The summed E-state index contributed by atoms with van der Waals surface area (Å²) in [4.78, 5) is 53.9. The third kappa shape index (κ3) is 4.30. The van der Waals surface area contributed by atoms with Crippen LogP contribution in [0.3, 0.4) is 0 Å². The number of piperidine rings is 1. The van der Waals surface area contributed by atoms with Crippen LogP contribution in [0.4, 0.5) is 4.79 Å². The van der Waals surface area contributed by atoms with Gasteiger partial charge in [0.05, 0.1) is 19.6 Å². The highest BCUT2D eigenvalue weighted by atomic mass is 16.5. The number of ether oxygens (including phenoxy) is 1. The van der Waals surface area contributed by atoms with Crippen LogP contribution >= 0.6 is 0 Å². The third-order valence-electron chi connectivity index (χ3n) is 5.82. The van der Waals surface area contributed by atoms with Gasteiger partial charge in [0, 0.05) is 33.2 Å². The van der Waals surface area contributed by atoms with Crippen LogP contribution in [0.5, 0.6) is 0 Å². The number of nitrogens with zero attached hydrogens (tertiary/aromatic N) is 3. The van der Waals surface area contributed by atoms with Crippen molar-refractivity contribution in [3.63, 3.8) is 0 Å². The highest BCUT2D eigenvalue weighted by Crippen LogP contribution is 2.38. The molecule has 1 aromatic carbocycles. The van der Waals surface area contributed by atoms with E-state index < -0.39 is 11.5 Å². The molecule has 162 valence electrons. The van der Waals surface area contributed by atoms with Crippen LogP contribution in [0.15, 0.2) is 30.3 Å². The topological polar surface area (TPSA) is 107 Å². The molecule has 2 saturated heterocycles. The molecule has 4 amide bonds. The molecule has 9 heteroatoms. The van der Waals surface area contributed by atoms with Crippen LogP contribution in [0.25, 0.3) is 0 Å². The molecule has 0 aliphatic carbocycles. The number of rotatable bonds is 8. The second-order valence-corrected chi connectivity index (χ2v) is 7.61. The second kappa shape index (κ2) is 9.25. The van der Waals surface area contributed by atoms with Crippen molar-refractivity contribution in [1.82, 2.24) is 14.7 Å². The summed E-state index contributed by atoms with van der Waals surface area (Å²) in [7, 11) is 1.52. The number of amides is 4. The first-order valence-electron chi connectivity index (χ1n) is 10.0. The number of imide groups is 1. The highest BCUT2D eigenvalue weighted by Gasteiger charge is 2.57. The zero-order valence-electron chi connectivity index (χ0n) is 17.1. The van der Waals surface area contributed by atoms with Crippen molar-refractivity contribution >= 4 is 23.8 Å². The summed E-state index contributed by atoms with van der Waals surface area (Å²) in [5.74, 6) is -1.51. The third-order valence-corrected chi connectivity index (χ3v) is 5.82. The summed E-state index contributed by atoms with van der Waals surface area (Å²) >= 11 is 0. The summed E-state index contributed by atoms with van der Waals surface area (Å²) in [6.45, 7) is 1.36. The molecule has 3 rings (SSSR count). The van der Waals surface area contributed by atoms with Crippen molar-refractivity contribution in [3.05, 3.63) is 35.9 Å². The zero-order chi connectivity index (χ0) is 21.7. The first-order valence-corrected chi connectivity index (χ1v) is 10.0. The Hall–Kier alpha value is -2.94. The minimum atomic E-state index is -1.02. The average Bonchev–Trinajstić information content (AvgIpc) is 2.93. The molecule has 9 nitrogen and oxygen atoms in total. The van der Waals surface area contributed by atoms with E-state index in [-0.39, 0.29) is 43.8 Å². The summed E-state index contributed by atoms with van der Waals surface area (Å²) < 4.78 is 5.06. The van der Waals surface area contributed by atoms with Crippen molar-refractivity contribution < 1.29 is 29.0 Å². The maximum absolute atomic E-state index is 13.3. The molecule has 0 bridgehead atoms. The fraction of sp³-hybridized carbons (Fsp3) is 0.524. The normalized spacial score (nSPS) is 18.4. The molecule has 0 unspecified atom stereocenters. The minimum absolute atomic E-state index is 0.0666. The van der Waals surface area contributed by atoms with E-state index >= 15 is 0 Å². The van der Waals surface area contributed by atoms with Crippen LogP contribution in [-0.4, -0.2) is 82.5 Å². The van der Waals surface area contributed by atoms with E-state index in [0.717, 1.165) is 5.56 Å². The van der Waals surface area contributed by atoms with Gasteiger partial charge >= 0.3 is 12.0 Å². The molecule has 0 saturated carbocycles. The first kappa shape index (κ1) is 21.8. The molecule has 1 N–H and O–H groups in total. The molecule has 0 aromatic heterocycles. The molecule has 0 atom stereocenters.